The lowest BCUT2D eigenvalue weighted by Gasteiger charge is -2.40. The van der Waals surface area contributed by atoms with Crippen molar-refractivity contribution < 1.29 is 14.2 Å². The first kappa shape index (κ1) is 24.4. The molecule has 1 aliphatic carbocycles. The highest BCUT2D eigenvalue weighted by Crippen LogP contribution is 2.51. The summed E-state index contributed by atoms with van der Waals surface area (Å²) in [6.07, 6.45) is 5.35. The van der Waals surface area contributed by atoms with Gasteiger partial charge in [-0.2, -0.15) is 0 Å². The summed E-state index contributed by atoms with van der Waals surface area (Å²) in [6, 6.07) is 24.9. The number of fused-ring (bicyclic) bond motifs is 1. The molecule has 1 atom stereocenters. The Morgan fingerprint density at radius 3 is 2.34 bits per heavy atom. The lowest BCUT2D eigenvalue weighted by molar-refractivity contribution is 0.410. The van der Waals surface area contributed by atoms with E-state index in [-0.39, 0.29) is 6.04 Å². The van der Waals surface area contributed by atoms with Crippen molar-refractivity contribution in [2.24, 2.45) is 4.99 Å². The number of amidine groups is 1. The summed E-state index contributed by atoms with van der Waals surface area (Å²) in [7, 11) is 5.14. The Morgan fingerprint density at radius 1 is 0.842 bits per heavy atom. The van der Waals surface area contributed by atoms with Gasteiger partial charge < -0.3 is 19.1 Å². The lowest BCUT2D eigenvalue weighted by Crippen LogP contribution is -2.34. The van der Waals surface area contributed by atoms with Crippen LogP contribution in [0.2, 0.25) is 0 Å². The van der Waals surface area contributed by atoms with E-state index in [2.05, 4.69) is 58.8 Å². The molecule has 0 radical (unpaired) electrons. The molecule has 6 heteroatoms. The molecule has 0 aromatic heterocycles. The number of allylic oxidation sites excluding steroid dienone is 1. The van der Waals surface area contributed by atoms with Gasteiger partial charge in [0.25, 0.3) is 0 Å². The molecule has 0 saturated carbocycles. The Kier molecular flexibility index (Phi) is 6.73. The highest BCUT2D eigenvalue weighted by atomic mass is 32.2. The fourth-order valence-corrected chi connectivity index (χ4v) is 6.38. The van der Waals surface area contributed by atoms with Gasteiger partial charge in [-0.15, -0.1) is 0 Å². The first-order chi connectivity index (χ1) is 18.7. The van der Waals surface area contributed by atoms with Crippen LogP contribution in [0.4, 0.5) is 0 Å². The minimum absolute atomic E-state index is 0.0223. The lowest BCUT2D eigenvalue weighted by atomic mass is 9.82. The van der Waals surface area contributed by atoms with Crippen LogP contribution in [0.25, 0.3) is 11.8 Å². The molecule has 2 aliphatic heterocycles. The highest BCUT2D eigenvalue weighted by Gasteiger charge is 2.40. The van der Waals surface area contributed by atoms with Gasteiger partial charge >= 0.3 is 0 Å². The third-order valence-electron chi connectivity index (χ3n) is 7.25. The molecule has 2 heterocycles. The minimum atomic E-state index is 0.0223. The summed E-state index contributed by atoms with van der Waals surface area (Å²) in [5, 5.41) is 3.21. The highest BCUT2D eigenvalue weighted by molar-refractivity contribution is 8.16. The van der Waals surface area contributed by atoms with Crippen molar-refractivity contribution in [1.82, 2.24) is 4.90 Å². The van der Waals surface area contributed by atoms with E-state index in [1.54, 1.807) is 33.1 Å². The first-order valence-corrected chi connectivity index (χ1v) is 13.7. The van der Waals surface area contributed by atoms with E-state index in [9.17, 15) is 0 Å². The van der Waals surface area contributed by atoms with Gasteiger partial charge in [-0.05, 0) is 84.0 Å². The normalized spacial score (nSPS) is 19.5. The maximum atomic E-state index is 5.63. The number of benzene rings is 3. The number of aliphatic imine (C=N–C) groups is 1. The average Bonchev–Trinajstić information content (AvgIpc) is 3.40. The van der Waals surface area contributed by atoms with E-state index in [0.29, 0.717) is 0 Å². The number of nitrogens with zero attached hydrogens (tertiary/aromatic N) is 2. The monoisotopic (exact) mass is 522 g/mol. The predicted molar refractivity (Wildman–Crippen MR) is 155 cm³/mol. The largest absolute Gasteiger partial charge is 0.497 e. The summed E-state index contributed by atoms with van der Waals surface area (Å²) in [4.78, 5) is 7.68. The Balaban J connectivity index is 1.49. The van der Waals surface area contributed by atoms with Crippen molar-refractivity contribution in [3.8, 4) is 17.2 Å². The van der Waals surface area contributed by atoms with Crippen LogP contribution in [0.1, 0.15) is 42.0 Å². The van der Waals surface area contributed by atoms with E-state index in [4.69, 9.17) is 19.2 Å². The summed E-state index contributed by atoms with van der Waals surface area (Å²) in [5.41, 5.74) is 8.31. The number of hydrogen-bond acceptors (Lipinski definition) is 6. The molecule has 0 saturated heterocycles. The predicted octanol–water partition coefficient (Wildman–Crippen LogP) is 7.69. The average molecular weight is 523 g/mol. The van der Waals surface area contributed by atoms with Crippen LogP contribution in [-0.2, 0) is 0 Å². The van der Waals surface area contributed by atoms with Crippen molar-refractivity contribution in [3.63, 3.8) is 0 Å². The Labute approximate surface area is 228 Å². The van der Waals surface area contributed by atoms with Crippen LogP contribution >= 0.6 is 11.8 Å². The van der Waals surface area contributed by atoms with E-state index < -0.39 is 0 Å². The summed E-state index contributed by atoms with van der Waals surface area (Å²) in [6.45, 7) is 0. The van der Waals surface area contributed by atoms with Crippen LogP contribution in [0.3, 0.4) is 0 Å². The van der Waals surface area contributed by atoms with Crippen molar-refractivity contribution in [2.75, 3.05) is 21.3 Å². The Hall–Kier alpha value is -3.90. The zero-order valence-electron chi connectivity index (χ0n) is 21.8. The molecule has 6 rings (SSSR count). The second-order valence-electron chi connectivity index (χ2n) is 9.47. The number of ether oxygens (including phenoxy) is 3. The van der Waals surface area contributed by atoms with Crippen LogP contribution in [0, 0.1) is 0 Å². The summed E-state index contributed by atoms with van der Waals surface area (Å²) >= 11 is 1.68. The molecule has 0 bridgehead atoms. The molecular formula is C32H30N2O3S. The molecule has 38 heavy (non-hydrogen) atoms. The van der Waals surface area contributed by atoms with Crippen molar-refractivity contribution >= 4 is 28.7 Å². The van der Waals surface area contributed by atoms with Gasteiger partial charge in [0.2, 0.25) is 0 Å². The maximum absolute atomic E-state index is 5.63. The Morgan fingerprint density at radius 2 is 1.55 bits per heavy atom. The van der Waals surface area contributed by atoms with Gasteiger partial charge in [-0.3, -0.25) is 0 Å². The summed E-state index contributed by atoms with van der Waals surface area (Å²) < 4.78 is 16.6. The quantitative estimate of drug-likeness (QED) is 0.332. The SMILES string of the molecule is COc1cccc(/C=C2\CCCC3=C2N=C2SC=C(c4cccc(OC)c4)N2C3c2cccc(OC)c2)c1. The fourth-order valence-electron chi connectivity index (χ4n) is 5.45. The minimum Gasteiger partial charge on any atom is -0.497 e. The molecular weight excluding hydrogens is 492 g/mol. The van der Waals surface area contributed by atoms with Gasteiger partial charge in [0.1, 0.15) is 17.2 Å². The van der Waals surface area contributed by atoms with Crippen LogP contribution in [-0.4, -0.2) is 31.4 Å². The smallest absolute Gasteiger partial charge is 0.174 e. The number of thioether (sulfide) groups is 1. The van der Waals surface area contributed by atoms with Crippen molar-refractivity contribution in [3.05, 3.63) is 112 Å². The third-order valence-corrected chi connectivity index (χ3v) is 8.09. The van der Waals surface area contributed by atoms with Gasteiger partial charge in [0.15, 0.2) is 5.17 Å². The fraction of sp³-hybridized carbons (Fsp3) is 0.219. The number of rotatable bonds is 6. The molecule has 0 fully saturated rings. The van der Waals surface area contributed by atoms with Gasteiger partial charge in [-0.1, -0.05) is 48.2 Å². The van der Waals surface area contributed by atoms with E-state index in [1.807, 2.05) is 30.3 Å². The van der Waals surface area contributed by atoms with Crippen molar-refractivity contribution in [2.45, 2.75) is 25.3 Å². The zero-order valence-corrected chi connectivity index (χ0v) is 22.6. The third kappa shape index (κ3) is 4.50. The molecule has 0 N–H and O–H groups in total. The molecule has 3 aromatic carbocycles. The Bertz CT molecular complexity index is 1500. The van der Waals surface area contributed by atoms with Crippen LogP contribution in [0.15, 0.2) is 100 Å². The molecule has 5 nitrogen and oxygen atoms in total. The van der Waals surface area contributed by atoms with Gasteiger partial charge in [-0.25, -0.2) is 4.99 Å². The summed E-state index contributed by atoms with van der Waals surface area (Å²) in [5.74, 6) is 2.56. The first-order valence-electron chi connectivity index (χ1n) is 12.8. The standard InChI is InChI=1S/C32H30N2O3S/c1-35-25-12-4-8-21(17-25)16-23-10-7-15-28-30(23)33-32-34(31(28)24-11-6-14-27(19-24)37-3)29(20-38-32)22-9-5-13-26(18-22)36-2/h4-6,8-9,11-14,16-20,31H,7,10,15H2,1-3H3/b23-16+. The van der Waals surface area contributed by atoms with E-state index in [0.717, 1.165) is 64.2 Å². The maximum Gasteiger partial charge on any atom is 0.174 e. The molecule has 0 amide bonds. The number of methoxy groups -OCH3 is 3. The molecule has 3 aromatic rings. The van der Waals surface area contributed by atoms with Crippen LogP contribution < -0.4 is 14.2 Å². The second-order valence-corrected chi connectivity index (χ2v) is 10.3. The molecule has 192 valence electrons. The zero-order chi connectivity index (χ0) is 26.1. The molecule has 3 aliphatic rings. The second kappa shape index (κ2) is 10.5. The molecule has 1 unspecified atom stereocenters. The van der Waals surface area contributed by atoms with Crippen LogP contribution in [0.5, 0.6) is 17.2 Å². The van der Waals surface area contributed by atoms with E-state index >= 15 is 0 Å². The number of hydrogen-bond donors (Lipinski definition) is 0. The van der Waals surface area contributed by atoms with Gasteiger partial charge in [0, 0.05) is 11.0 Å². The van der Waals surface area contributed by atoms with Gasteiger partial charge in [0.05, 0.1) is 38.8 Å². The topological polar surface area (TPSA) is 43.3 Å². The van der Waals surface area contributed by atoms with Crippen molar-refractivity contribution in [1.29, 1.82) is 0 Å². The van der Waals surface area contributed by atoms with E-state index in [1.165, 1.54) is 16.7 Å². The molecule has 0 spiro atoms.